The minimum Gasteiger partial charge on any atom is -0.357 e. The van der Waals surface area contributed by atoms with Crippen LogP contribution in [0.15, 0.2) is 121 Å². The van der Waals surface area contributed by atoms with Crippen LogP contribution in [0.1, 0.15) is 187 Å². The molecule has 5 heterocycles. The molecule has 5 aliphatic rings. The average Bonchev–Trinajstić information content (AvgIpc) is 4.31. The Morgan fingerprint density at radius 2 is 0.904 bits per heavy atom. The molecular weight excluding hydrogens is 899 g/mol. The fraction of sp³-hybridized carbons (Fsp3) is 0.469. The van der Waals surface area contributed by atoms with Crippen molar-refractivity contribution in [3.63, 3.8) is 0 Å². The number of imidazole rings is 2. The third-order valence-electron chi connectivity index (χ3n) is 18.6. The lowest BCUT2D eigenvalue weighted by Gasteiger charge is -2.47. The molecule has 0 spiro atoms. The van der Waals surface area contributed by atoms with E-state index in [2.05, 4.69) is 167 Å². The smallest absolute Gasteiger partial charge is 0.145 e. The number of rotatable bonds is 13. The maximum absolute atomic E-state index is 13.8. The lowest BCUT2D eigenvalue weighted by atomic mass is 9.70. The van der Waals surface area contributed by atoms with Crippen molar-refractivity contribution in [2.75, 3.05) is 18.0 Å². The van der Waals surface area contributed by atoms with E-state index in [0.29, 0.717) is 0 Å². The number of aromatic nitrogens is 4. The van der Waals surface area contributed by atoms with Crippen LogP contribution in [0, 0.1) is 11.8 Å². The summed E-state index contributed by atoms with van der Waals surface area (Å²) in [6.45, 7) is 8.61. The zero-order chi connectivity index (χ0) is 49.7. The molecule has 9 heteroatoms. The molecule has 5 fully saturated rings. The van der Waals surface area contributed by atoms with Gasteiger partial charge < -0.3 is 24.5 Å². The van der Waals surface area contributed by atoms with E-state index in [0.717, 1.165) is 122 Å². The Balaban J connectivity index is 0.871. The van der Waals surface area contributed by atoms with Gasteiger partial charge in [-0.05, 0) is 146 Å². The van der Waals surface area contributed by atoms with Gasteiger partial charge >= 0.3 is 0 Å². The molecule has 3 saturated heterocycles. The van der Waals surface area contributed by atoms with E-state index in [9.17, 15) is 9.59 Å². The number of fused-ring (bicyclic) bond motifs is 2. The Bertz CT molecular complexity index is 2860. The summed E-state index contributed by atoms with van der Waals surface area (Å²) in [7, 11) is 0. The van der Waals surface area contributed by atoms with Crippen LogP contribution >= 0.6 is 0 Å². The number of aldehydes is 2. The Morgan fingerprint density at radius 3 is 1.32 bits per heavy atom. The molecule has 73 heavy (non-hydrogen) atoms. The van der Waals surface area contributed by atoms with Crippen LogP contribution in [0.5, 0.6) is 0 Å². The van der Waals surface area contributed by atoms with Crippen molar-refractivity contribution < 1.29 is 9.59 Å². The maximum atomic E-state index is 13.8. The van der Waals surface area contributed by atoms with Gasteiger partial charge in [0.2, 0.25) is 0 Å². The van der Waals surface area contributed by atoms with Crippen LogP contribution in [0.3, 0.4) is 0 Å². The Labute approximate surface area is 432 Å². The SMILES string of the molecule is CC(C)(C)c1ccc(N2C(c3ccc4nc([C@@H]5CCCN5C(C=O)(c5ccccc5)C5CCCCC5)[nH]c4c3)CC[C@@H]2c2ccc3nc([C@@H]4CCCN4[C@@](C=O)(c4ccccc4)C4CCCCC4)[nH]c3c2)cc1. The minimum atomic E-state index is -0.675. The summed E-state index contributed by atoms with van der Waals surface area (Å²) in [5, 5.41) is 0. The van der Waals surface area contributed by atoms with Crippen LogP contribution in [0.4, 0.5) is 5.69 Å². The first-order valence-electron chi connectivity index (χ1n) is 28.1. The van der Waals surface area contributed by atoms with Crippen molar-refractivity contribution in [3.05, 3.63) is 161 Å². The first-order chi connectivity index (χ1) is 35.7. The van der Waals surface area contributed by atoms with E-state index in [4.69, 9.17) is 9.97 Å². The molecule has 378 valence electrons. The second-order valence-corrected chi connectivity index (χ2v) is 23.6. The first kappa shape index (κ1) is 48.1. The summed E-state index contributed by atoms with van der Waals surface area (Å²) in [5.74, 6) is 2.51. The first-order valence-corrected chi connectivity index (χ1v) is 28.1. The van der Waals surface area contributed by atoms with E-state index in [-0.39, 0.29) is 41.4 Å². The van der Waals surface area contributed by atoms with E-state index < -0.39 is 11.1 Å². The van der Waals surface area contributed by atoms with Crippen molar-refractivity contribution in [2.24, 2.45) is 11.8 Å². The molecule has 12 rings (SSSR count). The quantitative estimate of drug-likeness (QED) is 0.111. The number of nitrogens with one attached hydrogen (secondary N) is 2. The minimum absolute atomic E-state index is 0.0276. The fourth-order valence-corrected chi connectivity index (χ4v) is 15.0. The summed E-state index contributed by atoms with van der Waals surface area (Å²) in [4.78, 5) is 53.7. The van der Waals surface area contributed by atoms with Gasteiger partial charge in [-0.15, -0.1) is 0 Å². The summed E-state index contributed by atoms with van der Waals surface area (Å²) in [6.07, 6.45) is 20.1. The number of hydrogen-bond acceptors (Lipinski definition) is 7. The monoisotopic (exact) mass is 974 g/mol. The van der Waals surface area contributed by atoms with Gasteiger partial charge in [0.1, 0.15) is 35.3 Å². The number of hydrogen-bond donors (Lipinski definition) is 2. The van der Waals surface area contributed by atoms with Gasteiger partial charge in [-0.1, -0.05) is 144 Å². The summed E-state index contributed by atoms with van der Waals surface area (Å²) >= 11 is 0. The van der Waals surface area contributed by atoms with Gasteiger partial charge in [-0.3, -0.25) is 9.80 Å². The maximum Gasteiger partial charge on any atom is 0.145 e. The molecule has 7 aromatic rings. The Kier molecular flexibility index (Phi) is 13.0. The molecule has 2 saturated carbocycles. The summed E-state index contributed by atoms with van der Waals surface area (Å²) in [6, 6.07) is 44.7. The molecule has 2 unspecified atom stereocenters. The van der Waals surface area contributed by atoms with Crippen molar-refractivity contribution in [1.82, 2.24) is 29.7 Å². The van der Waals surface area contributed by atoms with Gasteiger partial charge in [0.25, 0.3) is 0 Å². The predicted octanol–water partition coefficient (Wildman–Crippen LogP) is 14.4. The van der Waals surface area contributed by atoms with E-state index in [1.807, 2.05) is 0 Å². The van der Waals surface area contributed by atoms with Crippen molar-refractivity contribution in [1.29, 1.82) is 0 Å². The third-order valence-corrected chi connectivity index (χ3v) is 18.6. The molecule has 0 radical (unpaired) electrons. The molecule has 0 amide bonds. The fourth-order valence-electron chi connectivity index (χ4n) is 15.0. The highest BCUT2D eigenvalue weighted by Crippen LogP contribution is 2.52. The molecule has 3 aliphatic heterocycles. The molecule has 2 N–H and O–H groups in total. The second-order valence-electron chi connectivity index (χ2n) is 23.6. The number of nitrogens with zero attached hydrogens (tertiary/aromatic N) is 5. The lowest BCUT2D eigenvalue weighted by Crippen LogP contribution is -2.53. The number of carbonyl (C=O) groups excluding carboxylic acids is 2. The highest BCUT2D eigenvalue weighted by Gasteiger charge is 2.52. The zero-order valence-corrected chi connectivity index (χ0v) is 43.4. The van der Waals surface area contributed by atoms with Gasteiger partial charge in [-0.2, -0.15) is 0 Å². The van der Waals surface area contributed by atoms with Crippen molar-refractivity contribution in [3.8, 4) is 0 Å². The molecule has 2 aromatic heterocycles. The van der Waals surface area contributed by atoms with Gasteiger partial charge in [0.05, 0.1) is 46.2 Å². The highest BCUT2D eigenvalue weighted by atomic mass is 16.1. The van der Waals surface area contributed by atoms with Crippen LogP contribution in [0.2, 0.25) is 0 Å². The van der Waals surface area contributed by atoms with E-state index >= 15 is 0 Å². The van der Waals surface area contributed by atoms with Gasteiger partial charge in [-0.25, -0.2) is 9.97 Å². The second kappa shape index (κ2) is 19.7. The number of benzene rings is 5. The van der Waals surface area contributed by atoms with Gasteiger partial charge in [0.15, 0.2) is 0 Å². The molecular formula is C64H75N7O2. The van der Waals surface area contributed by atoms with Crippen LogP contribution in [-0.4, -0.2) is 55.4 Å². The number of carbonyl (C=O) groups is 2. The lowest BCUT2D eigenvalue weighted by molar-refractivity contribution is -0.126. The third kappa shape index (κ3) is 8.47. The molecule has 0 bridgehead atoms. The average molecular weight is 974 g/mol. The number of aromatic amines is 2. The van der Waals surface area contributed by atoms with Crippen LogP contribution in [-0.2, 0) is 26.1 Å². The molecule has 2 aliphatic carbocycles. The normalized spacial score (nSPS) is 24.6. The highest BCUT2D eigenvalue weighted by molar-refractivity contribution is 5.78. The number of likely N-dealkylation sites (tertiary alicyclic amines) is 2. The van der Waals surface area contributed by atoms with Crippen molar-refractivity contribution >= 4 is 40.3 Å². The Hall–Kier alpha value is -5.90. The number of H-pyrrole nitrogens is 2. The standard InChI is InChI=1S/C64H75N7O2/c1-62(2,3)46-30-32-51(33-31-46)71-56(44-28-34-52-54(40-44)67-60(65-52)58-26-16-38-69(58)63(42-72,47-18-8-4-9-19-47)48-20-10-5-11-21-48)36-37-57(71)45-29-35-53-55(41-45)68-61(66-53)59-27-17-39-70(59)64(43-73,49-22-12-6-13-23-49)50-24-14-7-15-25-50/h4,6,8-9,12-13,18-19,22-23,28-35,40-43,48,50,56-59H,5,7,10-11,14-17,20-21,24-27,36-39H2,1-3H3,(H,65,67)(H,66,68)/t56-,57?,58+,59+,63+,64?/m1/s1. The molecule has 6 atom stereocenters. The number of anilines is 1. The van der Waals surface area contributed by atoms with E-state index in [1.54, 1.807) is 0 Å². The largest absolute Gasteiger partial charge is 0.357 e. The van der Waals surface area contributed by atoms with Crippen molar-refractivity contribution in [2.45, 2.75) is 164 Å². The van der Waals surface area contributed by atoms with Crippen LogP contribution in [0.25, 0.3) is 22.1 Å². The summed E-state index contributed by atoms with van der Waals surface area (Å²) < 4.78 is 0. The molecule has 9 nitrogen and oxygen atoms in total. The van der Waals surface area contributed by atoms with Crippen LogP contribution < -0.4 is 4.90 Å². The topological polar surface area (TPSA) is 101 Å². The zero-order valence-electron chi connectivity index (χ0n) is 43.4. The van der Waals surface area contributed by atoms with Gasteiger partial charge in [0, 0.05) is 18.8 Å². The predicted molar refractivity (Wildman–Crippen MR) is 293 cm³/mol. The summed E-state index contributed by atoms with van der Waals surface area (Å²) in [5.41, 5.74) is 10.1. The molecule has 5 aromatic carbocycles. The Morgan fingerprint density at radius 1 is 0.466 bits per heavy atom. The van der Waals surface area contributed by atoms with E-state index in [1.165, 1.54) is 73.5 Å².